The first-order chi connectivity index (χ1) is 9.87. The number of hydrogen-bond donors (Lipinski definition) is 1. The van der Waals surface area contributed by atoms with E-state index >= 15 is 0 Å². The number of likely N-dealkylation sites (N-methyl/N-ethyl adjacent to an activating group) is 1. The molecule has 0 aromatic heterocycles. The van der Waals surface area contributed by atoms with Crippen LogP contribution in [-0.4, -0.2) is 53.8 Å². The predicted molar refractivity (Wildman–Crippen MR) is 81.4 cm³/mol. The van der Waals surface area contributed by atoms with Crippen LogP contribution < -0.4 is 5.32 Å². The maximum atomic E-state index is 12.7. The maximum absolute atomic E-state index is 12.7. The molecule has 2 aliphatic heterocycles. The standard InChI is InChI=1S/C16H21N3O2/c1-16(2)10-19(7-6-18(16)3)15(21)11-4-5-13-12(8-11)9-14(20)17-13/h4-5,8H,6-7,9-10H2,1-3H3,(H,17,20). The fourth-order valence-electron chi connectivity index (χ4n) is 2.96. The first-order valence-corrected chi connectivity index (χ1v) is 7.30. The monoisotopic (exact) mass is 287 g/mol. The van der Waals surface area contributed by atoms with Crippen molar-refractivity contribution in [2.75, 3.05) is 32.0 Å². The molecule has 0 unspecified atom stereocenters. The lowest BCUT2D eigenvalue weighted by molar-refractivity contribution is -0.115. The molecular weight excluding hydrogens is 266 g/mol. The van der Waals surface area contributed by atoms with Crippen LogP contribution in [0.3, 0.4) is 0 Å². The lowest BCUT2D eigenvalue weighted by Gasteiger charge is -2.45. The van der Waals surface area contributed by atoms with Crippen LogP contribution in [0.15, 0.2) is 18.2 Å². The third-order valence-corrected chi connectivity index (χ3v) is 4.58. The smallest absolute Gasteiger partial charge is 0.253 e. The van der Waals surface area contributed by atoms with Gasteiger partial charge in [0, 0.05) is 36.4 Å². The largest absolute Gasteiger partial charge is 0.336 e. The zero-order valence-electron chi connectivity index (χ0n) is 12.8. The molecule has 2 heterocycles. The van der Waals surface area contributed by atoms with Gasteiger partial charge in [-0.05, 0) is 44.7 Å². The van der Waals surface area contributed by atoms with Crippen molar-refractivity contribution in [3.63, 3.8) is 0 Å². The maximum Gasteiger partial charge on any atom is 0.253 e. The summed E-state index contributed by atoms with van der Waals surface area (Å²) in [6, 6.07) is 5.48. The van der Waals surface area contributed by atoms with Gasteiger partial charge in [0.05, 0.1) is 6.42 Å². The Hall–Kier alpha value is -1.88. The lowest BCUT2D eigenvalue weighted by Crippen LogP contribution is -2.58. The van der Waals surface area contributed by atoms with E-state index in [-0.39, 0.29) is 17.4 Å². The molecule has 1 aromatic carbocycles. The number of nitrogens with zero attached hydrogens (tertiary/aromatic N) is 2. The van der Waals surface area contributed by atoms with Crippen molar-refractivity contribution in [3.05, 3.63) is 29.3 Å². The molecule has 1 N–H and O–H groups in total. The number of carbonyl (C=O) groups is 2. The van der Waals surface area contributed by atoms with Gasteiger partial charge in [-0.1, -0.05) is 0 Å². The highest BCUT2D eigenvalue weighted by Crippen LogP contribution is 2.26. The minimum Gasteiger partial charge on any atom is -0.336 e. The van der Waals surface area contributed by atoms with Crippen molar-refractivity contribution in [1.82, 2.24) is 9.80 Å². The minimum absolute atomic E-state index is 0.00432. The van der Waals surface area contributed by atoms with Crippen molar-refractivity contribution < 1.29 is 9.59 Å². The number of rotatable bonds is 1. The van der Waals surface area contributed by atoms with Crippen molar-refractivity contribution in [1.29, 1.82) is 0 Å². The lowest BCUT2D eigenvalue weighted by atomic mass is 9.98. The summed E-state index contributed by atoms with van der Waals surface area (Å²) < 4.78 is 0. The molecule has 0 saturated carbocycles. The van der Waals surface area contributed by atoms with Crippen LogP contribution in [0.5, 0.6) is 0 Å². The molecule has 2 aliphatic rings. The second kappa shape index (κ2) is 4.84. The first kappa shape index (κ1) is 14.1. The van der Waals surface area contributed by atoms with Crippen molar-refractivity contribution >= 4 is 17.5 Å². The SMILES string of the molecule is CN1CCN(C(=O)c2ccc3c(c2)CC(=O)N3)CC1(C)C. The summed E-state index contributed by atoms with van der Waals surface area (Å²) in [5, 5.41) is 2.79. The highest BCUT2D eigenvalue weighted by Gasteiger charge is 2.33. The number of amides is 2. The van der Waals surface area contributed by atoms with Crippen LogP contribution in [0.2, 0.25) is 0 Å². The Morgan fingerprint density at radius 1 is 1.29 bits per heavy atom. The Kier molecular flexibility index (Phi) is 3.24. The van der Waals surface area contributed by atoms with Crippen LogP contribution in [0.25, 0.3) is 0 Å². The van der Waals surface area contributed by atoms with Gasteiger partial charge in [-0.2, -0.15) is 0 Å². The van der Waals surface area contributed by atoms with Crippen LogP contribution >= 0.6 is 0 Å². The first-order valence-electron chi connectivity index (χ1n) is 7.30. The average molecular weight is 287 g/mol. The van der Waals surface area contributed by atoms with E-state index in [0.29, 0.717) is 12.0 Å². The normalized spacial score (nSPS) is 21.1. The Morgan fingerprint density at radius 3 is 2.76 bits per heavy atom. The number of anilines is 1. The van der Waals surface area contributed by atoms with Gasteiger partial charge >= 0.3 is 0 Å². The van der Waals surface area contributed by atoms with Crippen LogP contribution in [0.4, 0.5) is 5.69 Å². The molecule has 0 spiro atoms. The summed E-state index contributed by atoms with van der Waals surface area (Å²) in [6.07, 6.45) is 0.366. The summed E-state index contributed by atoms with van der Waals surface area (Å²) >= 11 is 0. The van der Waals surface area contributed by atoms with E-state index < -0.39 is 0 Å². The van der Waals surface area contributed by atoms with Gasteiger partial charge < -0.3 is 10.2 Å². The number of benzene rings is 1. The molecule has 1 aromatic rings. The van der Waals surface area contributed by atoms with E-state index in [0.717, 1.165) is 30.9 Å². The average Bonchev–Trinajstić information content (AvgIpc) is 2.80. The zero-order valence-corrected chi connectivity index (χ0v) is 12.8. The summed E-state index contributed by atoms with van der Waals surface area (Å²) in [6.45, 7) is 6.64. The summed E-state index contributed by atoms with van der Waals surface area (Å²) in [7, 11) is 2.09. The van der Waals surface area contributed by atoms with Gasteiger partial charge in [0.1, 0.15) is 0 Å². The molecule has 5 heteroatoms. The van der Waals surface area contributed by atoms with Gasteiger partial charge in [0.25, 0.3) is 5.91 Å². The summed E-state index contributed by atoms with van der Waals surface area (Å²) in [5.74, 6) is 0.0497. The van der Waals surface area contributed by atoms with E-state index in [1.807, 2.05) is 17.0 Å². The Labute approximate surface area is 124 Å². The fraction of sp³-hybridized carbons (Fsp3) is 0.500. The second-order valence-electron chi connectivity index (χ2n) is 6.56. The molecule has 5 nitrogen and oxygen atoms in total. The zero-order chi connectivity index (χ0) is 15.2. The molecule has 1 fully saturated rings. The topological polar surface area (TPSA) is 52.7 Å². The molecule has 112 valence electrons. The van der Waals surface area contributed by atoms with Gasteiger partial charge in [-0.25, -0.2) is 0 Å². The Morgan fingerprint density at radius 2 is 2.05 bits per heavy atom. The Balaban J connectivity index is 1.80. The third-order valence-electron chi connectivity index (χ3n) is 4.58. The molecule has 2 amide bonds. The summed E-state index contributed by atoms with van der Waals surface area (Å²) in [4.78, 5) is 28.3. The molecule has 21 heavy (non-hydrogen) atoms. The van der Waals surface area contributed by atoms with E-state index in [1.54, 1.807) is 6.07 Å². The van der Waals surface area contributed by atoms with Crippen molar-refractivity contribution in [2.24, 2.45) is 0 Å². The van der Waals surface area contributed by atoms with Gasteiger partial charge in [-0.15, -0.1) is 0 Å². The molecule has 3 rings (SSSR count). The van der Waals surface area contributed by atoms with Crippen LogP contribution in [-0.2, 0) is 11.2 Å². The third kappa shape index (κ3) is 2.53. The number of piperazine rings is 1. The fourth-order valence-corrected chi connectivity index (χ4v) is 2.96. The molecule has 0 bridgehead atoms. The van der Waals surface area contributed by atoms with E-state index in [2.05, 4.69) is 31.1 Å². The number of nitrogens with one attached hydrogen (secondary N) is 1. The molecule has 0 radical (unpaired) electrons. The summed E-state index contributed by atoms with van der Waals surface area (Å²) in [5.41, 5.74) is 2.41. The number of fused-ring (bicyclic) bond motifs is 1. The van der Waals surface area contributed by atoms with Gasteiger partial charge in [0.15, 0.2) is 0 Å². The van der Waals surface area contributed by atoms with Gasteiger partial charge in [0.2, 0.25) is 5.91 Å². The highest BCUT2D eigenvalue weighted by atomic mass is 16.2. The number of hydrogen-bond acceptors (Lipinski definition) is 3. The minimum atomic E-state index is -0.0117. The second-order valence-corrected chi connectivity index (χ2v) is 6.56. The van der Waals surface area contributed by atoms with E-state index in [1.165, 1.54) is 0 Å². The van der Waals surface area contributed by atoms with E-state index in [9.17, 15) is 9.59 Å². The van der Waals surface area contributed by atoms with Crippen LogP contribution in [0, 0.1) is 0 Å². The predicted octanol–water partition coefficient (Wildman–Crippen LogP) is 1.35. The number of carbonyl (C=O) groups excluding carboxylic acids is 2. The molecule has 1 saturated heterocycles. The highest BCUT2D eigenvalue weighted by molar-refractivity contribution is 6.01. The van der Waals surface area contributed by atoms with Crippen molar-refractivity contribution in [2.45, 2.75) is 25.8 Å². The molecule has 0 atom stereocenters. The van der Waals surface area contributed by atoms with Gasteiger partial charge in [-0.3, -0.25) is 14.5 Å². The van der Waals surface area contributed by atoms with E-state index in [4.69, 9.17) is 0 Å². The van der Waals surface area contributed by atoms with Crippen molar-refractivity contribution in [3.8, 4) is 0 Å². The molecular formula is C16H21N3O2. The quantitative estimate of drug-likeness (QED) is 0.848. The Bertz CT molecular complexity index is 610. The molecule has 0 aliphatic carbocycles. The van der Waals surface area contributed by atoms with Crippen LogP contribution in [0.1, 0.15) is 29.8 Å².